The first-order chi connectivity index (χ1) is 10.5. The maximum Gasteiger partial charge on any atom is 1.00 e. The molecular formula is C15H13Li2O6P. The molecule has 0 aromatic heterocycles. The number of hydrogen-bond donors (Lipinski definition) is 0. The summed E-state index contributed by atoms with van der Waals surface area (Å²) in [5.41, 5.74) is 0.772. The topological polar surface area (TPSA) is 98.7 Å². The van der Waals surface area contributed by atoms with E-state index in [1.807, 2.05) is 0 Å². The van der Waals surface area contributed by atoms with Crippen LogP contribution in [0.5, 0.6) is 0 Å². The Morgan fingerprint density at radius 3 is 2.00 bits per heavy atom. The van der Waals surface area contributed by atoms with Crippen LogP contribution in [0.15, 0.2) is 60.7 Å². The van der Waals surface area contributed by atoms with Gasteiger partial charge in [0.05, 0.1) is 12.6 Å². The van der Waals surface area contributed by atoms with E-state index in [9.17, 15) is 19.4 Å². The van der Waals surface area contributed by atoms with Gasteiger partial charge in [-0.05, 0) is 11.1 Å². The number of carboxylic acid groups (broad SMARTS) is 1. The van der Waals surface area contributed by atoms with Crippen LogP contribution in [0.4, 0.5) is 0 Å². The normalized spacial score (nSPS) is 13.7. The van der Waals surface area contributed by atoms with Crippen LogP contribution in [0, 0.1) is 0 Å². The summed E-state index contributed by atoms with van der Waals surface area (Å²) in [6, 6.07) is 16.2. The van der Waals surface area contributed by atoms with Gasteiger partial charge in [0.1, 0.15) is 6.10 Å². The molecule has 0 aliphatic heterocycles. The average molecular weight is 334 g/mol. The van der Waals surface area contributed by atoms with Gasteiger partial charge < -0.3 is 23.8 Å². The molecule has 1 unspecified atom stereocenters. The minimum absolute atomic E-state index is 0. The van der Waals surface area contributed by atoms with E-state index in [1.54, 1.807) is 48.5 Å². The predicted octanol–water partition coefficient (Wildman–Crippen LogP) is -4.81. The van der Waals surface area contributed by atoms with Crippen LogP contribution >= 0.6 is 7.82 Å². The van der Waals surface area contributed by atoms with Crippen LogP contribution in [0.25, 0.3) is 0 Å². The zero-order valence-corrected chi connectivity index (χ0v) is 14.3. The maximum absolute atomic E-state index is 11.8. The minimum Gasteiger partial charge on any atom is -0.756 e. The molecule has 2 aromatic rings. The van der Waals surface area contributed by atoms with E-state index < -0.39 is 19.9 Å². The maximum atomic E-state index is 11.8. The molecule has 0 saturated heterocycles. The van der Waals surface area contributed by atoms with Crippen molar-refractivity contribution in [3.63, 3.8) is 0 Å². The second-order valence-electron chi connectivity index (χ2n) is 4.42. The molecule has 116 valence electrons. The van der Waals surface area contributed by atoms with E-state index in [2.05, 4.69) is 4.52 Å². The van der Waals surface area contributed by atoms with Gasteiger partial charge in [0, 0.05) is 0 Å². The van der Waals surface area contributed by atoms with Crippen LogP contribution in [-0.4, -0.2) is 5.97 Å². The SMILES string of the molecule is O=C([O-])[C@@H](OP(=O)([O-])OCc1ccccc1)c1ccccc1.[Li+].[Li+]. The van der Waals surface area contributed by atoms with E-state index in [1.165, 1.54) is 12.1 Å². The first kappa shape index (κ1) is 23.2. The fraction of sp³-hybridized carbons (Fsp3) is 0.133. The largest absolute Gasteiger partial charge is 1.00 e. The zero-order valence-electron chi connectivity index (χ0n) is 13.5. The summed E-state index contributed by atoms with van der Waals surface area (Å²) >= 11 is 0. The summed E-state index contributed by atoms with van der Waals surface area (Å²) in [5.74, 6) is -1.66. The number of carbonyl (C=O) groups is 1. The van der Waals surface area contributed by atoms with Gasteiger partial charge >= 0.3 is 37.7 Å². The molecule has 2 rings (SSSR count). The Balaban J connectivity index is 0.00000264. The van der Waals surface area contributed by atoms with Gasteiger partial charge in [0.2, 0.25) is 0 Å². The third-order valence-electron chi connectivity index (χ3n) is 2.78. The molecule has 0 heterocycles. The van der Waals surface area contributed by atoms with Crippen LogP contribution < -0.4 is 47.7 Å². The van der Waals surface area contributed by atoms with Crippen LogP contribution in [0.3, 0.4) is 0 Å². The number of aliphatic carboxylic acids is 1. The van der Waals surface area contributed by atoms with Crippen molar-refractivity contribution in [2.45, 2.75) is 12.7 Å². The van der Waals surface area contributed by atoms with Crippen molar-refractivity contribution >= 4 is 13.8 Å². The van der Waals surface area contributed by atoms with Crippen molar-refractivity contribution in [2.24, 2.45) is 0 Å². The molecule has 0 amide bonds. The van der Waals surface area contributed by atoms with E-state index in [0.717, 1.165) is 0 Å². The number of phosphoric ester groups is 1. The van der Waals surface area contributed by atoms with Crippen molar-refractivity contribution in [3.05, 3.63) is 71.8 Å². The molecule has 0 N–H and O–H groups in total. The Labute approximate surface area is 164 Å². The van der Waals surface area contributed by atoms with Gasteiger partial charge in [-0.1, -0.05) is 60.7 Å². The van der Waals surface area contributed by atoms with E-state index in [-0.39, 0.29) is 49.9 Å². The van der Waals surface area contributed by atoms with Crippen LogP contribution in [0.2, 0.25) is 0 Å². The second kappa shape index (κ2) is 11.0. The van der Waals surface area contributed by atoms with Gasteiger partial charge in [-0.3, -0.25) is 4.57 Å². The number of benzene rings is 2. The number of carbonyl (C=O) groups excluding carboxylic acids is 1. The Hall–Kier alpha value is -0.785. The first-order valence-corrected chi connectivity index (χ1v) is 7.88. The second-order valence-corrected chi connectivity index (χ2v) is 5.78. The van der Waals surface area contributed by atoms with Crippen molar-refractivity contribution in [2.75, 3.05) is 0 Å². The minimum atomic E-state index is -4.80. The summed E-state index contributed by atoms with van der Waals surface area (Å²) in [6.07, 6.45) is -1.75. The summed E-state index contributed by atoms with van der Waals surface area (Å²) in [4.78, 5) is 22.9. The van der Waals surface area contributed by atoms with Crippen molar-refractivity contribution < 1.29 is 66.1 Å². The van der Waals surface area contributed by atoms with Crippen molar-refractivity contribution in [1.29, 1.82) is 0 Å². The van der Waals surface area contributed by atoms with Gasteiger partial charge in [-0.25, -0.2) is 0 Å². The van der Waals surface area contributed by atoms with Crippen molar-refractivity contribution in [3.8, 4) is 0 Å². The molecule has 6 nitrogen and oxygen atoms in total. The van der Waals surface area contributed by atoms with Gasteiger partial charge in [0.15, 0.2) is 0 Å². The van der Waals surface area contributed by atoms with Crippen molar-refractivity contribution in [1.82, 2.24) is 0 Å². The van der Waals surface area contributed by atoms with E-state index in [0.29, 0.717) is 5.56 Å². The molecule has 9 heteroatoms. The third-order valence-corrected chi connectivity index (χ3v) is 3.70. The monoisotopic (exact) mass is 334 g/mol. The molecule has 0 radical (unpaired) electrons. The van der Waals surface area contributed by atoms with E-state index in [4.69, 9.17) is 4.52 Å². The fourth-order valence-electron chi connectivity index (χ4n) is 1.76. The predicted molar refractivity (Wildman–Crippen MR) is 74.1 cm³/mol. The van der Waals surface area contributed by atoms with Gasteiger partial charge in [-0.2, -0.15) is 0 Å². The average Bonchev–Trinajstić information content (AvgIpc) is 2.52. The Kier molecular flexibility index (Phi) is 10.6. The number of carboxylic acids is 1. The van der Waals surface area contributed by atoms with Gasteiger partial charge in [-0.15, -0.1) is 0 Å². The summed E-state index contributed by atoms with van der Waals surface area (Å²) in [7, 11) is -4.80. The van der Waals surface area contributed by atoms with Crippen LogP contribution in [0.1, 0.15) is 17.2 Å². The van der Waals surface area contributed by atoms with Crippen LogP contribution in [-0.2, 0) is 25.0 Å². The Bertz CT molecular complexity index is 668. The zero-order chi connectivity index (χ0) is 16.0. The molecule has 0 aliphatic rings. The number of phosphoric acid groups is 1. The molecule has 2 atom stereocenters. The quantitative estimate of drug-likeness (QED) is 0.372. The summed E-state index contributed by atoms with van der Waals surface area (Å²) in [5, 5.41) is 11.1. The number of hydrogen-bond acceptors (Lipinski definition) is 6. The standard InChI is InChI=1S/C15H15O6P.2Li/c16-15(17)14(13-9-5-2-6-10-13)21-22(18,19)20-11-12-7-3-1-4-8-12;;/h1-10,14H,11H2,(H,16,17)(H,18,19);;/q;2*+1/p-2/t14-;;/m0../s1. The molecule has 0 spiro atoms. The molecule has 0 saturated carbocycles. The molecule has 2 aromatic carbocycles. The van der Waals surface area contributed by atoms with Gasteiger partial charge in [0.25, 0.3) is 7.82 Å². The summed E-state index contributed by atoms with van der Waals surface area (Å²) < 4.78 is 21.1. The Morgan fingerprint density at radius 2 is 1.50 bits per heavy atom. The first-order valence-electron chi connectivity index (χ1n) is 6.42. The third kappa shape index (κ3) is 7.41. The Morgan fingerprint density at radius 1 is 1.00 bits per heavy atom. The fourth-order valence-corrected chi connectivity index (χ4v) is 2.59. The molecule has 24 heavy (non-hydrogen) atoms. The number of rotatable bonds is 7. The smallest absolute Gasteiger partial charge is 0.756 e. The molecular weight excluding hydrogens is 321 g/mol. The molecule has 0 fully saturated rings. The van der Waals surface area contributed by atoms with E-state index >= 15 is 0 Å². The molecule has 0 aliphatic carbocycles. The summed E-state index contributed by atoms with van der Waals surface area (Å²) in [6.45, 7) is -0.240. The molecule has 0 bridgehead atoms.